The first kappa shape index (κ1) is 47.9. The van der Waals surface area contributed by atoms with E-state index in [1.165, 1.54) is 0 Å². The van der Waals surface area contributed by atoms with E-state index in [9.17, 15) is 24.0 Å². The fourth-order valence-electron chi connectivity index (χ4n) is 6.55. The van der Waals surface area contributed by atoms with E-state index in [0.717, 1.165) is 12.0 Å². The van der Waals surface area contributed by atoms with Crippen LogP contribution in [0.2, 0.25) is 18.1 Å². The molecule has 0 radical (unpaired) electrons. The Morgan fingerprint density at radius 1 is 0.909 bits per heavy atom. The first-order valence-electron chi connectivity index (χ1n) is 20.4. The molecule has 11 nitrogen and oxygen atoms in total. The van der Waals surface area contributed by atoms with Gasteiger partial charge in [0.15, 0.2) is 8.32 Å². The Bertz CT molecular complexity index is 1420. The van der Waals surface area contributed by atoms with Crippen molar-refractivity contribution >= 4 is 38.0 Å². The third-order valence-electron chi connectivity index (χ3n) is 11.0. The van der Waals surface area contributed by atoms with E-state index in [1.807, 2.05) is 71.9 Å². The van der Waals surface area contributed by atoms with Gasteiger partial charge in [-0.15, -0.1) is 0 Å². The lowest BCUT2D eigenvalue weighted by molar-refractivity contribution is -0.155. The molecule has 1 saturated heterocycles. The van der Waals surface area contributed by atoms with Gasteiger partial charge in [0.2, 0.25) is 11.8 Å². The van der Waals surface area contributed by atoms with Gasteiger partial charge in [-0.05, 0) is 81.5 Å². The molecule has 6 atom stereocenters. The molecule has 1 aromatic rings. The number of carbonyl (C=O) groups is 5. The van der Waals surface area contributed by atoms with Crippen molar-refractivity contribution in [1.29, 1.82) is 0 Å². The normalized spacial score (nSPS) is 18.0. The summed E-state index contributed by atoms with van der Waals surface area (Å²) in [6.07, 6.45) is 0.987. The molecule has 0 spiro atoms. The van der Waals surface area contributed by atoms with Gasteiger partial charge >= 0.3 is 12.1 Å². The van der Waals surface area contributed by atoms with Gasteiger partial charge in [-0.25, -0.2) is 9.59 Å². The predicted molar refractivity (Wildman–Crippen MR) is 220 cm³/mol. The van der Waals surface area contributed by atoms with Crippen molar-refractivity contribution in [2.45, 2.75) is 176 Å². The smallest absolute Gasteiger partial charge is 0.407 e. The highest BCUT2D eigenvalue weighted by Crippen LogP contribution is 2.39. The molecule has 0 bridgehead atoms. The molecule has 1 fully saturated rings. The molecule has 12 heteroatoms. The molecule has 312 valence electrons. The number of esters is 1. The second-order valence-electron chi connectivity index (χ2n) is 18.7. The fraction of sp³-hybridized carbons (Fsp3) is 0.744. The molecule has 0 aliphatic carbocycles. The second-order valence-corrected chi connectivity index (χ2v) is 23.5. The average molecular weight is 788 g/mol. The molecular weight excluding hydrogens is 715 g/mol. The zero-order chi connectivity index (χ0) is 41.9. The number of likely N-dealkylation sites (tertiary alicyclic amines) is 1. The first-order valence-corrected chi connectivity index (χ1v) is 23.3. The summed E-state index contributed by atoms with van der Waals surface area (Å²) >= 11 is 0. The van der Waals surface area contributed by atoms with Gasteiger partial charge < -0.3 is 29.4 Å². The number of alkyl carbamates (subject to hydrolysis) is 1. The maximum Gasteiger partial charge on any atom is 0.407 e. The van der Waals surface area contributed by atoms with Gasteiger partial charge in [-0.3, -0.25) is 14.4 Å². The van der Waals surface area contributed by atoms with Crippen molar-refractivity contribution in [3.63, 3.8) is 0 Å². The molecule has 1 heterocycles. The third kappa shape index (κ3) is 15.3. The van der Waals surface area contributed by atoms with E-state index in [4.69, 9.17) is 13.9 Å². The zero-order valence-electron chi connectivity index (χ0n) is 36.4. The van der Waals surface area contributed by atoms with Crippen LogP contribution in [-0.2, 0) is 39.7 Å². The number of ether oxygens (including phenoxy) is 2. The standard InChI is InChI=1S/C43H73N3O8Si/c1-15-30(6)37(45-41(51)53-42(7,8)9)36(54-55(13,14)43(10,11)12)26-32(47)25-33(29(4)5)38(48)44-34(24-28(2)3)39(49)46-23-19-22-35(46)40(50)52-27-31-20-17-16-18-21-31/h16-18,20-21,28-30,33-37H,15,19,22-27H2,1-14H3,(H,44,48)(H,45,51)/t30-,33-,34-,35-,36-,37+/m0/s1. The topological polar surface area (TPSA) is 140 Å². The van der Waals surface area contributed by atoms with E-state index in [1.54, 1.807) is 25.7 Å². The summed E-state index contributed by atoms with van der Waals surface area (Å²) in [7, 11) is -2.44. The summed E-state index contributed by atoms with van der Waals surface area (Å²) in [5.41, 5.74) is 0.155. The van der Waals surface area contributed by atoms with Crippen LogP contribution in [0.3, 0.4) is 0 Å². The van der Waals surface area contributed by atoms with Crippen LogP contribution in [0.25, 0.3) is 0 Å². The van der Waals surface area contributed by atoms with Crippen LogP contribution in [0.1, 0.15) is 127 Å². The third-order valence-corrected chi connectivity index (χ3v) is 15.5. The number of ketones is 1. The van der Waals surface area contributed by atoms with E-state index >= 15 is 0 Å². The minimum Gasteiger partial charge on any atom is -0.459 e. The predicted octanol–water partition coefficient (Wildman–Crippen LogP) is 8.20. The van der Waals surface area contributed by atoms with Crippen LogP contribution in [0.4, 0.5) is 4.79 Å². The second kappa shape index (κ2) is 20.8. The van der Waals surface area contributed by atoms with Gasteiger partial charge in [0.1, 0.15) is 30.1 Å². The number of benzene rings is 1. The molecular formula is C43H73N3O8Si. The van der Waals surface area contributed by atoms with Crippen molar-refractivity contribution in [1.82, 2.24) is 15.5 Å². The molecule has 0 aromatic heterocycles. The minimum absolute atomic E-state index is 0.00270. The minimum atomic E-state index is -2.44. The number of carbonyl (C=O) groups excluding carboxylic acids is 5. The summed E-state index contributed by atoms with van der Waals surface area (Å²) in [5.74, 6) is -2.20. The van der Waals surface area contributed by atoms with E-state index in [-0.39, 0.29) is 59.8 Å². The SMILES string of the molecule is CC[C@H](C)[C@@H](NC(=O)OC(C)(C)C)[C@H](CC(=O)C[C@H](C(=O)N[C@@H](CC(C)C)C(=O)N1CCC[C@H]1C(=O)OCc1ccccc1)C(C)C)O[Si](C)(C)C(C)(C)C. The lowest BCUT2D eigenvalue weighted by atomic mass is 9.86. The van der Waals surface area contributed by atoms with Crippen molar-refractivity contribution in [3.8, 4) is 0 Å². The Labute approximate surface area is 332 Å². The van der Waals surface area contributed by atoms with Crippen LogP contribution in [0, 0.1) is 23.7 Å². The summed E-state index contributed by atoms with van der Waals surface area (Å²) in [5, 5.41) is 5.89. The maximum atomic E-state index is 14.1. The maximum absolute atomic E-state index is 14.1. The van der Waals surface area contributed by atoms with Gasteiger partial charge in [-0.1, -0.05) is 99.1 Å². The highest BCUT2D eigenvalue weighted by Gasteiger charge is 2.44. The number of hydrogen-bond acceptors (Lipinski definition) is 8. The molecule has 1 aromatic carbocycles. The summed E-state index contributed by atoms with van der Waals surface area (Å²) < 4.78 is 18.2. The number of nitrogens with one attached hydrogen (secondary N) is 2. The summed E-state index contributed by atoms with van der Waals surface area (Å²) in [6, 6.07) is 7.29. The lowest BCUT2D eigenvalue weighted by Gasteiger charge is -2.43. The Morgan fingerprint density at radius 2 is 1.53 bits per heavy atom. The number of nitrogens with zero attached hydrogens (tertiary/aromatic N) is 1. The van der Waals surface area contributed by atoms with Gasteiger partial charge in [0.05, 0.1) is 12.1 Å². The number of amides is 3. The summed E-state index contributed by atoms with van der Waals surface area (Å²) in [4.78, 5) is 70.2. The Kier molecular flexibility index (Phi) is 18.1. The molecule has 3 amide bonds. The van der Waals surface area contributed by atoms with Gasteiger partial charge in [0.25, 0.3) is 0 Å². The zero-order valence-corrected chi connectivity index (χ0v) is 37.4. The molecule has 2 rings (SSSR count). The number of hydrogen-bond donors (Lipinski definition) is 2. The van der Waals surface area contributed by atoms with Crippen LogP contribution in [0.15, 0.2) is 30.3 Å². The molecule has 1 aliphatic rings. The highest BCUT2D eigenvalue weighted by atomic mass is 28.4. The Morgan fingerprint density at radius 3 is 2.05 bits per heavy atom. The Hall–Kier alpha value is -3.25. The summed E-state index contributed by atoms with van der Waals surface area (Å²) in [6.45, 7) is 28.4. The number of Topliss-reactive ketones (excluding diaryl/α,β-unsaturated/α-hetero) is 1. The molecule has 2 N–H and O–H groups in total. The lowest BCUT2D eigenvalue weighted by Crippen LogP contribution is -2.55. The quantitative estimate of drug-likeness (QED) is 0.106. The Balaban J connectivity index is 2.31. The van der Waals surface area contributed by atoms with E-state index in [2.05, 4.69) is 44.5 Å². The van der Waals surface area contributed by atoms with E-state index in [0.29, 0.717) is 25.8 Å². The fourth-order valence-corrected chi connectivity index (χ4v) is 7.89. The van der Waals surface area contributed by atoms with Crippen LogP contribution in [-0.4, -0.2) is 79.3 Å². The van der Waals surface area contributed by atoms with Gasteiger partial charge in [0, 0.05) is 25.3 Å². The highest BCUT2D eigenvalue weighted by molar-refractivity contribution is 6.74. The van der Waals surface area contributed by atoms with Crippen molar-refractivity contribution in [2.24, 2.45) is 23.7 Å². The van der Waals surface area contributed by atoms with Crippen LogP contribution < -0.4 is 10.6 Å². The molecule has 0 unspecified atom stereocenters. The van der Waals surface area contributed by atoms with Crippen molar-refractivity contribution in [3.05, 3.63) is 35.9 Å². The van der Waals surface area contributed by atoms with Gasteiger partial charge in [-0.2, -0.15) is 0 Å². The van der Waals surface area contributed by atoms with Crippen molar-refractivity contribution in [2.75, 3.05) is 6.54 Å². The largest absolute Gasteiger partial charge is 0.459 e. The molecule has 1 aliphatic heterocycles. The average Bonchev–Trinajstić information content (AvgIpc) is 3.56. The van der Waals surface area contributed by atoms with Crippen LogP contribution >= 0.6 is 0 Å². The molecule has 55 heavy (non-hydrogen) atoms. The molecule has 0 saturated carbocycles. The first-order chi connectivity index (χ1) is 25.4. The monoisotopic (exact) mass is 788 g/mol. The number of rotatable bonds is 19. The van der Waals surface area contributed by atoms with E-state index < -0.39 is 56.1 Å². The van der Waals surface area contributed by atoms with Crippen LogP contribution in [0.5, 0.6) is 0 Å². The van der Waals surface area contributed by atoms with Crippen molar-refractivity contribution < 1.29 is 37.9 Å².